The molecule has 0 aliphatic heterocycles. The van der Waals surface area contributed by atoms with Crippen molar-refractivity contribution in [1.29, 1.82) is 0 Å². The van der Waals surface area contributed by atoms with Crippen molar-refractivity contribution in [3.63, 3.8) is 0 Å². The van der Waals surface area contributed by atoms with Crippen LogP contribution in [0.15, 0.2) is 48.5 Å². The standard InChI is InChI=1S/C19H22O2/c1-4-14(2)17-7-5-16(6-8-17)13-21-19-11-9-18(10-12-19)15(3)20/h5-12,14H,4,13H2,1-3H3. The highest BCUT2D eigenvalue weighted by Gasteiger charge is 2.03. The van der Waals surface area contributed by atoms with Gasteiger partial charge in [-0.3, -0.25) is 4.79 Å². The molecule has 0 spiro atoms. The molecule has 1 atom stereocenters. The molecule has 0 saturated heterocycles. The Morgan fingerprint density at radius 2 is 1.67 bits per heavy atom. The van der Waals surface area contributed by atoms with Crippen molar-refractivity contribution in [2.45, 2.75) is 39.7 Å². The largest absolute Gasteiger partial charge is 0.489 e. The number of rotatable bonds is 6. The molecule has 110 valence electrons. The minimum atomic E-state index is 0.0715. The van der Waals surface area contributed by atoms with E-state index in [2.05, 4.69) is 38.1 Å². The van der Waals surface area contributed by atoms with Gasteiger partial charge in [-0.1, -0.05) is 38.1 Å². The van der Waals surface area contributed by atoms with Crippen molar-refractivity contribution in [1.82, 2.24) is 0 Å². The van der Waals surface area contributed by atoms with Gasteiger partial charge in [-0.15, -0.1) is 0 Å². The van der Waals surface area contributed by atoms with Crippen LogP contribution in [0.2, 0.25) is 0 Å². The van der Waals surface area contributed by atoms with E-state index < -0.39 is 0 Å². The molecule has 0 amide bonds. The van der Waals surface area contributed by atoms with Gasteiger partial charge in [0.25, 0.3) is 0 Å². The fraction of sp³-hybridized carbons (Fsp3) is 0.316. The molecule has 0 radical (unpaired) electrons. The third-order valence-electron chi connectivity index (χ3n) is 3.83. The van der Waals surface area contributed by atoms with E-state index in [1.807, 2.05) is 12.1 Å². The van der Waals surface area contributed by atoms with Gasteiger partial charge >= 0.3 is 0 Å². The fourth-order valence-corrected chi connectivity index (χ4v) is 2.13. The molecule has 1 unspecified atom stereocenters. The van der Waals surface area contributed by atoms with Gasteiger partial charge in [-0.05, 0) is 54.7 Å². The molecule has 0 aromatic heterocycles. The van der Waals surface area contributed by atoms with Gasteiger partial charge in [-0.2, -0.15) is 0 Å². The molecule has 0 saturated carbocycles. The summed E-state index contributed by atoms with van der Waals surface area (Å²) in [7, 11) is 0. The zero-order valence-corrected chi connectivity index (χ0v) is 12.9. The van der Waals surface area contributed by atoms with Crippen LogP contribution in [-0.4, -0.2) is 5.78 Å². The summed E-state index contributed by atoms with van der Waals surface area (Å²) in [6.07, 6.45) is 1.15. The summed E-state index contributed by atoms with van der Waals surface area (Å²) in [6.45, 7) is 6.55. The van der Waals surface area contributed by atoms with E-state index in [0.717, 1.165) is 17.7 Å². The Labute approximate surface area is 126 Å². The minimum absolute atomic E-state index is 0.0715. The molecule has 2 nitrogen and oxygen atoms in total. The van der Waals surface area contributed by atoms with Crippen LogP contribution in [0.4, 0.5) is 0 Å². The normalized spacial score (nSPS) is 12.0. The van der Waals surface area contributed by atoms with Crippen LogP contribution in [0.25, 0.3) is 0 Å². The van der Waals surface area contributed by atoms with Gasteiger partial charge in [0, 0.05) is 5.56 Å². The zero-order chi connectivity index (χ0) is 15.2. The summed E-state index contributed by atoms with van der Waals surface area (Å²) in [5.41, 5.74) is 3.23. The molecule has 2 heteroatoms. The van der Waals surface area contributed by atoms with Crippen molar-refractivity contribution < 1.29 is 9.53 Å². The van der Waals surface area contributed by atoms with E-state index in [1.54, 1.807) is 19.1 Å². The topological polar surface area (TPSA) is 26.3 Å². The number of carbonyl (C=O) groups excluding carboxylic acids is 1. The Morgan fingerprint density at radius 3 is 2.19 bits per heavy atom. The van der Waals surface area contributed by atoms with Crippen LogP contribution in [0.3, 0.4) is 0 Å². The number of Topliss-reactive ketones (excluding diaryl/α,β-unsaturated/α-hetero) is 1. The Bertz CT molecular complexity index is 582. The first-order valence-electron chi connectivity index (χ1n) is 7.42. The smallest absolute Gasteiger partial charge is 0.159 e. The predicted octanol–water partition coefficient (Wildman–Crippen LogP) is 4.98. The van der Waals surface area contributed by atoms with E-state index in [1.165, 1.54) is 5.56 Å². The molecular formula is C19H22O2. The maximum Gasteiger partial charge on any atom is 0.159 e. The number of ketones is 1. The zero-order valence-electron chi connectivity index (χ0n) is 12.9. The van der Waals surface area contributed by atoms with Gasteiger partial charge in [0.2, 0.25) is 0 Å². The number of carbonyl (C=O) groups is 1. The molecule has 2 rings (SSSR count). The molecule has 0 heterocycles. The van der Waals surface area contributed by atoms with Crippen LogP contribution in [0.1, 0.15) is 54.6 Å². The van der Waals surface area contributed by atoms with E-state index in [-0.39, 0.29) is 5.78 Å². The second-order valence-electron chi connectivity index (χ2n) is 5.42. The molecule has 0 N–H and O–H groups in total. The number of benzene rings is 2. The number of ether oxygens (including phenoxy) is 1. The summed E-state index contributed by atoms with van der Waals surface area (Å²) in [4.78, 5) is 11.2. The predicted molar refractivity (Wildman–Crippen MR) is 85.9 cm³/mol. The molecular weight excluding hydrogens is 260 g/mol. The van der Waals surface area contributed by atoms with Crippen LogP contribution in [0, 0.1) is 0 Å². The molecule has 2 aromatic carbocycles. The average Bonchev–Trinajstić information content (AvgIpc) is 2.53. The third kappa shape index (κ3) is 4.19. The second kappa shape index (κ2) is 7.07. The first-order chi connectivity index (χ1) is 10.1. The van der Waals surface area contributed by atoms with E-state index >= 15 is 0 Å². The highest BCUT2D eigenvalue weighted by molar-refractivity contribution is 5.94. The maximum atomic E-state index is 11.2. The van der Waals surface area contributed by atoms with E-state index in [0.29, 0.717) is 18.1 Å². The maximum absolute atomic E-state index is 11.2. The summed E-state index contributed by atoms with van der Waals surface area (Å²) in [6, 6.07) is 15.8. The Balaban J connectivity index is 1.95. The number of hydrogen-bond donors (Lipinski definition) is 0. The Hall–Kier alpha value is -2.09. The lowest BCUT2D eigenvalue weighted by molar-refractivity contribution is 0.101. The Kier molecular flexibility index (Phi) is 5.15. The monoisotopic (exact) mass is 282 g/mol. The molecule has 0 fully saturated rings. The first-order valence-corrected chi connectivity index (χ1v) is 7.42. The SMILES string of the molecule is CCC(C)c1ccc(COc2ccc(C(C)=O)cc2)cc1. The van der Waals surface area contributed by atoms with Crippen LogP contribution < -0.4 is 4.74 Å². The number of hydrogen-bond acceptors (Lipinski definition) is 2. The van der Waals surface area contributed by atoms with Gasteiger partial charge in [0.15, 0.2) is 5.78 Å². The van der Waals surface area contributed by atoms with Crippen molar-refractivity contribution in [2.24, 2.45) is 0 Å². The van der Waals surface area contributed by atoms with Crippen molar-refractivity contribution in [3.8, 4) is 5.75 Å². The quantitative estimate of drug-likeness (QED) is 0.698. The lowest BCUT2D eigenvalue weighted by Crippen LogP contribution is -1.98. The van der Waals surface area contributed by atoms with Crippen molar-refractivity contribution in [2.75, 3.05) is 0 Å². The second-order valence-corrected chi connectivity index (χ2v) is 5.42. The summed E-state index contributed by atoms with van der Waals surface area (Å²) in [5.74, 6) is 1.45. The lowest BCUT2D eigenvalue weighted by Gasteiger charge is -2.10. The van der Waals surface area contributed by atoms with Crippen LogP contribution in [-0.2, 0) is 6.61 Å². The van der Waals surface area contributed by atoms with Gasteiger partial charge in [-0.25, -0.2) is 0 Å². The third-order valence-corrected chi connectivity index (χ3v) is 3.83. The molecule has 21 heavy (non-hydrogen) atoms. The molecule has 0 bridgehead atoms. The first kappa shape index (κ1) is 15.3. The fourth-order valence-electron chi connectivity index (χ4n) is 2.13. The van der Waals surface area contributed by atoms with E-state index in [4.69, 9.17) is 4.74 Å². The highest BCUT2D eigenvalue weighted by atomic mass is 16.5. The molecule has 0 aliphatic carbocycles. The minimum Gasteiger partial charge on any atom is -0.489 e. The summed E-state index contributed by atoms with van der Waals surface area (Å²) in [5, 5.41) is 0. The van der Waals surface area contributed by atoms with Gasteiger partial charge in [0.05, 0.1) is 0 Å². The summed E-state index contributed by atoms with van der Waals surface area (Å²) < 4.78 is 5.74. The highest BCUT2D eigenvalue weighted by Crippen LogP contribution is 2.20. The average molecular weight is 282 g/mol. The van der Waals surface area contributed by atoms with E-state index in [9.17, 15) is 4.79 Å². The molecule has 0 aliphatic rings. The van der Waals surface area contributed by atoms with Crippen molar-refractivity contribution in [3.05, 3.63) is 65.2 Å². The van der Waals surface area contributed by atoms with Crippen LogP contribution in [0.5, 0.6) is 5.75 Å². The Morgan fingerprint density at radius 1 is 1.05 bits per heavy atom. The van der Waals surface area contributed by atoms with Crippen LogP contribution >= 0.6 is 0 Å². The molecule has 2 aromatic rings. The lowest BCUT2D eigenvalue weighted by atomic mass is 9.98. The van der Waals surface area contributed by atoms with Gasteiger partial charge in [0.1, 0.15) is 12.4 Å². The van der Waals surface area contributed by atoms with Gasteiger partial charge < -0.3 is 4.74 Å². The summed E-state index contributed by atoms with van der Waals surface area (Å²) >= 11 is 0. The van der Waals surface area contributed by atoms with Crippen molar-refractivity contribution >= 4 is 5.78 Å².